The molecular formula is C23H28FN3O. The van der Waals surface area contributed by atoms with Gasteiger partial charge in [0.2, 0.25) is 5.91 Å². The summed E-state index contributed by atoms with van der Waals surface area (Å²) in [7, 11) is 0. The minimum absolute atomic E-state index is 0.0862. The summed E-state index contributed by atoms with van der Waals surface area (Å²) in [6.45, 7) is 7.40. The van der Waals surface area contributed by atoms with Gasteiger partial charge in [-0.15, -0.1) is 0 Å². The molecule has 0 bridgehead atoms. The van der Waals surface area contributed by atoms with Crippen molar-refractivity contribution in [2.45, 2.75) is 26.3 Å². The van der Waals surface area contributed by atoms with Crippen LogP contribution in [0.25, 0.3) is 0 Å². The molecule has 0 aliphatic carbocycles. The smallest absolute Gasteiger partial charge is 0.225 e. The number of amides is 1. The molecule has 2 aliphatic rings. The number of carbonyl (C=O) groups is 1. The summed E-state index contributed by atoms with van der Waals surface area (Å²) in [5, 5.41) is 3.14. The zero-order valence-corrected chi connectivity index (χ0v) is 16.6. The Kier molecular flexibility index (Phi) is 5.25. The van der Waals surface area contributed by atoms with Gasteiger partial charge in [0.05, 0.1) is 12.0 Å². The lowest BCUT2D eigenvalue weighted by molar-refractivity contribution is -0.126. The number of anilines is 2. The molecule has 28 heavy (non-hydrogen) atoms. The van der Waals surface area contributed by atoms with E-state index in [-0.39, 0.29) is 23.7 Å². The van der Waals surface area contributed by atoms with Crippen LogP contribution in [0.1, 0.15) is 19.4 Å². The summed E-state index contributed by atoms with van der Waals surface area (Å²) < 4.78 is 13.3. The first kappa shape index (κ1) is 18.8. The van der Waals surface area contributed by atoms with Crippen LogP contribution in [-0.2, 0) is 11.2 Å². The highest BCUT2D eigenvalue weighted by Gasteiger charge is 2.41. The second kappa shape index (κ2) is 7.82. The fourth-order valence-corrected chi connectivity index (χ4v) is 4.38. The Labute approximate surface area is 166 Å². The van der Waals surface area contributed by atoms with Crippen molar-refractivity contribution in [1.82, 2.24) is 5.32 Å². The summed E-state index contributed by atoms with van der Waals surface area (Å²) in [4.78, 5) is 17.7. The minimum atomic E-state index is -0.222. The second-order valence-corrected chi connectivity index (χ2v) is 8.26. The van der Waals surface area contributed by atoms with Gasteiger partial charge in [0, 0.05) is 37.6 Å². The number of hydrogen-bond donors (Lipinski definition) is 1. The molecule has 0 radical (unpaired) electrons. The molecule has 2 unspecified atom stereocenters. The monoisotopic (exact) mass is 381 g/mol. The fourth-order valence-electron chi connectivity index (χ4n) is 4.38. The van der Waals surface area contributed by atoms with Crippen LogP contribution >= 0.6 is 0 Å². The number of carbonyl (C=O) groups excluding carboxylic acids is 1. The summed E-state index contributed by atoms with van der Waals surface area (Å²) in [5.41, 5.74) is 3.51. The molecule has 1 saturated heterocycles. The number of fused-ring (bicyclic) bond motifs is 3. The zero-order chi connectivity index (χ0) is 19.7. The molecule has 0 aromatic heterocycles. The van der Waals surface area contributed by atoms with E-state index >= 15 is 0 Å². The van der Waals surface area contributed by atoms with Crippen LogP contribution in [0.5, 0.6) is 0 Å². The van der Waals surface area contributed by atoms with Gasteiger partial charge >= 0.3 is 0 Å². The molecule has 2 aliphatic heterocycles. The molecule has 0 spiro atoms. The van der Waals surface area contributed by atoms with E-state index in [0.717, 1.165) is 31.7 Å². The highest BCUT2D eigenvalue weighted by atomic mass is 19.1. The Morgan fingerprint density at radius 2 is 1.89 bits per heavy atom. The Balaban J connectivity index is 1.61. The predicted octanol–water partition coefficient (Wildman–Crippen LogP) is 3.47. The maximum absolute atomic E-state index is 13.3. The largest absolute Gasteiger partial charge is 0.368 e. The van der Waals surface area contributed by atoms with Crippen LogP contribution in [-0.4, -0.2) is 38.1 Å². The first-order valence-corrected chi connectivity index (χ1v) is 10.2. The van der Waals surface area contributed by atoms with Gasteiger partial charge in [-0.3, -0.25) is 4.79 Å². The summed E-state index contributed by atoms with van der Waals surface area (Å²) in [6, 6.07) is 15.2. The normalized spacial score (nSPS) is 21.3. The number of nitrogens with one attached hydrogen (secondary N) is 1. The third-order valence-electron chi connectivity index (χ3n) is 5.84. The summed E-state index contributed by atoms with van der Waals surface area (Å²) in [5.74, 6) is 0.258. The molecule has 2 atom stereocenters. The average Bonchev–Trinajstić information content (AvgIpc) is 2.71. The lowest BCUT2D eigenvalue weighted by Crippen LogP contribution is -2.61. The van der Waals surface area contributed by atoms with Crippen molar-refractivity contribution >= 4 is 17.3 Å². The highest BCUT2D eigenvalue weighted by Crippen LogP contribution is 2.36. The van der Waals surface area contributed by atoms with Crippen molar-refractivity contribution < 1.29 is 9.18 Å². The van der Waals surface area contributed by atoms with E-state index in [0.29, 0.717) is 12.5 Å². The molecule has 0 saturated carbocycles. The average molecular weight is 381 g/mol. The van der Waals surface area contributed by atoms with E-state index in [9.17, 15) is 9.18 Å². The first-order chi connectivity index (χ1) is 13.5. The Morgan fingerprint density at radius 1 is 1.14 bits per heavy atom. The molecule has 1 N–H and O–H groups in total. The van der Waals surface area contributed by atoms with Crippen molar-refractivity contribution in [2.24, 2.45) is 11.8 Å². The van der Waals surface area contributed by atoms with Gasteiger partial charge in [-0.2, -0.15) is 0 Å². The lowest BCUT2D eigenvalue weighted by Gasteiger charge is -2.49. The number of rotatable bonds is 4. The van der Waals surface area contributed by atoms with Gasteiger partial charge in [-0.05, 0) is 48.2 Å². The molecule has 2 aromatic carbocycles. The number of piperazine rings is 1. The number of benzene rings is 2. The van der Waals surface area contributed by atoms with Crippen molar-refractivity contribution in [2.75, 3.05) is 36.0 Å². The van der Waals surface area contributed by atoms with Gasteiger partial charge in [0.15, 0.2) is 0 Å². The molecule has 2 heterocycles. The van der Waals surface area contributed by atoms with E-state index in [2.05, 4.69) is 53.2 Å². The molecule has 2 aromatic rings. The van der Waals surface area contributed by atoms with Crippen LogP contribution < -0.4 is 15.1 Å². The zero-order valence-electron chi connectivity index (χ0n) is 16.6. The van der Waals surface area contributed by atoms with Gasteiger partial charge in [-0.1, -0.05) is 32.0 Å². The van der Waals surface area contributed by atoms with Crippen molar-refractivity contribution in [1.29, 1.82) is 0 Å². The van der Waals surface area contributed by atoms with Crippen LogP contribution in [0.2, 0.25) is 0 Å². The topological polar surface area (TPSA) is 35.6 Å². The van der Waals surface area contributed by atoms with Crippen molar-refractivity contribution in [3.8, 4) is 0 Å². The first-order valence-electron chi connectivity index (χ1n) is 10.2. The second-order valence-electron chi connectivity index (χ2n) is 8.26. The van der Waals surface area contributed by atoms with E-state index in [1.165, 1.54) is 23.4 Å². The van der Waals surface area contributed by atoms with Gasteiger partial charge in [-0.25, -0.2) is 4.39 Å². The van der Waals surface area contributed by atoms with Crippen LogP contribution in [0.3, 0.4) is 0 Å². The minimum Gasteiger partial charge on any atom is -0.368 e. The molecule has 5 heteroatoms. The predicted molar refractivity (Wildman–Crippen MR) is 111 cm³/mol. The van der Waals surface area contributed by atoms with E-state index < -0.39 is 0 Å². The maximum atomic E-state index is 13.3. The molecule has 4 rings (SSSR count). The molecule has 148 valence electrons. The molecular weight excluding hydrogens is 353 g/mol. The Hall–Kier alpha value is -2.56. The van der Waals surface area contributed by atoms with Gasteiger partial charge in [0.25, 0.3) is 0 Å². The molecule has 1 amide bonds. The van der Waals surface area contributed by atoms with Gasteiger partial charge in [0.1, 0.15) is 5.82 Å². The number of nitrogens with zero attached hydrogens (tertiary/aromatic N) is 2. The number of hydrogen-bond acceptors (Lipinski definition) is 3. The number of para-hydroxylation sites is 1. The molecule has 1 fully saturated rings. The SMILES string of the molecule is CC(C)CNC(=O)C1Cc2ccccc2N2CCN(c3ccc(F)cc3)CC12. The van der Waals surface area contributed by atoms with Crippen molar-refractivity contribution in [3.63, 3.8) is 0 Å². The van der Waals surface area contributed by atoms with E-state index in [4.69, 9.17) is 0 Å². The quantitative estimate of drug-likeness (QED) is 0.881. The standard InChI is InChI=1S/C23H28FN3O/c1-16(2)14-25-23(28)20-13-17-5-3-4-6-21(17)27-12-11-26(15-22(20)27)19-9-7-18(24)8-10-19/h3-10,16,20,22H,11-15H2,1-2H3,(H,25,28). The third-order valence-corrected chi connectivity index (χ3v) is 5.84. The van der Waals surface area contributed by atoms with Crippen LogP contribution in [0, 0.1) is 17.7 Å². The Morgan fingerprint density at radius 3 is 2.64 bits per heavy atom. The fraction of sp³-hybridized carbons (Fsp3) is 0.435. The Bertz CT molecular complexity index is 836. The van der Waals surface area contributed by atoms with Crippen LogP contribution in [0.15, 0.2) is 48.5 Å². The lowest BCUT2D eigenvalue weighted by atomic mass is 9.83. The van der Waals surface area contributed by atoms with Crippen molar-refractivity contribution in [3.05, 3.63) is 59.9 Å². The van der Waals surface area contributed by atoms with E-state index in [1.807, 2.05) is 12.1 Å². The van der Waals surface area contributed by atoms with E-state index in [1.54, 1.807) is 0 Å². The van der Waals surface area contributed by atoms with Gasteiger partial charge < -0.3 is 15.1 Å². The van der Waals surface area contributed by atoms with Crippen LogP contribution in [0.4, 0.5) is 15.8 Å². The maximum Gasteiger partial charge on any atom is 0.225 e. The summed E-state index contributed by atoms with van der Waals surface area (Å²) >= 11 is 0. The molecule has 4 nitrogen and oxygen atoms in total. The third kappa shape index (κ3) is 3.71. The highest BCUT2D eigenvalue weighted by molar-refractivity contribution is 5.82. The summed E-state index contributed by atoms with van der Waals surface area (Å²) in [6.07, 6.45) is 0.762. The number of halogens is 1.